The molecule has 0 radical (unpaired) electrons. The lowest BCUT2D eigenvalue weighted by molar-refractivity contribution is -0.274. The molecule has 6 N–H and O–H groups in total. The molecule has 0 aromatic heterocycles. The highest BCUT2D eigenvalue weighted by Crippen LogP contribution is 2.25. The van der Waals surface area contributed by atoms with Crippen LogP contribution in [0, 0.1) is 5.41 Å². The number of rotatable bonds is 11. The van der Waals surface area contributed by atoms with E-state index in [4.69, 9.17) is 15.9 Å². The molecule has 0 fully saturated rings. The van der Waals surface area contributed by atoms with Crippen molar-refractivity contribution in [3.8, 4) is 5.75 Å². The van der Waals surface area contributed by atoms with Crippen molar-refractivity contribution >= 4 is 29.6 Å². The van der Waals surface area contributed by atoms with Gasteiger partial charge in [0.2, 0.25) is 5.91 Å². The van der Waals surface area contributed by atoms with Gasteiger partial charge in [0.05, 0.1) is 18.8 Å². The molecule has 3 unspecified atom stereocenters. The number of azo groups is 1. The van der Waals surface area contributed by atoms with Crippen LogP contribution in [0.1, 0.15) is 18.9 Å². The van der Waals surface area contributed by atoms with Crippen LogP contribution in [-0.4, -0.2) is 55.5 Å². The van der Waals surface area contributed by atoms with Crippen molar-refractivity contribution in [3.63, 3.8) is 0 Å². The monoisotopic (exact) mass is 551 g/mol. The smallest absolute Gasteiger partial charge is 0.467 e. The molecule has 0 bridgehead atoms. The SMILES string of the molecule is CCC(NC(=N)N)C(NC(=O)C(Cc1ccccc1)NC(=O)/N=N/c1ccc(OC(F)(F)F)cc1)C(=O)OC. The third-order valence-corrected chi connectivity index (χ3v) is 5.16. The zero-order chi connectivity index (χ0) is 29.0. The van der Waals surface area contributed by atoms with Gasteiger partial charge in [-0.3, -0.25) is 10.2 Å². The molecule has 39 heavy (non-hydrogen) atoms. The lowest BCUT2D eigenvalue weighted by atomic mass is 10.0. The van der Waals surface area contributed by atoms with Gasteiger partial charge in [0.1, 0.15) is 17.8 Å². The summed E-state index contributed by atoms with van der Waals surface area (Å²) in [7, 11) is 1.13. The number of nitrogens with zero attached hydrogens (tertiary/aromatic N) is 2. The number of nitrogens with one attached hydrogen (secondary N) is 4. The van der Waals surface area contributed by atoms with Crippen LogP contribution in [-0.2, 0) is 20.7 Å². The van der Waals surface area contributed by atoms with Gasteiger partial charge in [0.15, 0.2) is 5.96 Å². The minimum absolute atomic E-state index is 0.0161. The molecule has 2 aromatic carbocycles. The zero-order valence-electron chi connectivity index (χ0n) is 21.0. The molecule has 3 amide bonds. The summed E-state index contributed by atoms with van der Waals surface area (Å²) in [6.07, 6.45) is -4.55. The first kappa shape index (κ1) is 30.5. The molecule has 12 nitrogen and oxygen atoms in total. The third-order valence-electron chi connectivity index (χ3n) is 5.16. The Kier molecular flexibility index (Phi) is 11.2. The predicted molar refractivity (Wildman–Crippen MR) is 133 cm³/mol. The molecule has 0 aliphatic heterocycles. The summed E-state index contributed by atoms with van der Waals surface area (Å²) in [6, 6.07) is 8.72. The van der Waals surface area contributed by atoms with Gasteiger partial charge in [-0.15, -0.1) is 18.3 Å². The Bertz CT molecular complexity index is 1160. The summed E-state index contributed by atoms with van der Waals surface area (Å²) in [6.45, 7) is 1.70. The van der Waals surface area contributed by atoms with Crippen molar-refractivity contribution in [2.45, 2.75) is 44.3 Å². The van der Waals surface area contributed by atoms with Crippen LogP contribution in [0.25, 0.3) is 0 Å². The maximum Gasteiger partial charge on any atom is 0.573 e. The number of alkyl halides is 3. The molecule has 0 saturated carbocycles. The van der Waals surface area contributed by atoms with E-state index in [2.05, 4.69) is 30.9 Å². The van der Waals surface area contributed by atoms with E-state index in [1.165, 1.54) is 0 Å². The van der Waals surface area contributed by atoms with E-state index in [1.54, 1.807) is 37.3 Å². The van der Waals surface area contributed by atoms with Gasteiger partial charge in [-0.2, -0.15) is 0 Å². The highest BCUT2D eigenvalue weighted by Gasteiger charge is 2.33. The van der Waals surface area contributed by atoms with E-state index < -0.39 is 54.1 Å². The molecule has 2 aromatic rings. The van der Waals surface area contributed by atoms with Crippen LogP contribution in [0.2, 0.25) is 0 Å². The standard InChI is InChI=1S/C24H28F3N7O5/c1-3-17(30-22(28)29)19(21(36)38-2)32-20(35)18(13-14-7-5-4-6-8-14)31-23(37)34-33-15-9-11-16(12-10-15)39-24(25,26)27/h4-12,17-19H,3,13H2,1-2H3,(H,31,37)(H,32,35)(H4,28,29,30)/b34-33+. The minimum atomic E-state index is -4.86. The van der Waals surface area contributed by atoms with E-state index >= 15 is 0 Å². The number of urea groups is 1. The van der Waals surface area contributed by atoms with E-state index in [1.807, 2.05) is 0 Å². The average molecular weight is 552 g/mol. The topological polar surface area (TPSA) is 180 Å². The highest BCUT2D eigenvalue weighted by atomic mass is 19.4. The number of hydrogen-bond donors (Lipinski definition) is 5. The second kappa shape index (κ2) is 14.3. The fourth-order valence-corrected chi connectivity index (χ4v) is 3.38. The molecule has 0 aliphatic carbocycles. The summed E-state index contributed by atoms with van der Waals surface area (Å²) in [5, 5.41) is 22.1. The van der Waals surface area contributed by atoms with E-state index in [-0.39, 0.29) is 18.5 Å². The molecule has 0 heterocycles. The summed E-state index contributed by atoms with van der Waals surface area (Å²) in [5.74, 6) is -2.45. The fourth-order valence-electron chi connectivity index (χ4n) is 3.38. The molecular formula is C24H28F3N7O5. The number of ether oxygens (including phenoxy) is 2. The number of carbonyl (C=O) groups is 3. The normalized spacial score (nSPS) is 13.6. The van der Waals surface area contributed by atoms with Crippen LogP contribution in [0.15, 0.2) is 64.8 Å². The molecule has 15 heteroatoms. The maximum absolute atomic E-state index is 13.2. The summed E-state index contributed by atoms with van der Waals surface area (Å²) in [5.41, 5.74) is 6.12. The Morgan fingerprint density at radius 1 is 1.03 bits per heavy atom. The Labute approximate surface area is 221 Å². The Morgan fingerprint density at radius 2 is 1.67 bits per heavy atom. The van der Waals surface area contributed by atoms with Crippen molar-refractivity contribution in [1.82, 2.24) is 16.0 Å². The first-order valence-electron chi connectivity index (χ1n) is 11.5. The summed E-state index contributed by atoms with van der Waals surface area (Å²) in [4.78, 5) is 38.1. The predicted octanol–water partition coefficient (Wildman–Crippen LogP) is 2.91. The van der Waals surface area contributed by atoms with Gasteiger partial charge in [0.25, 0.3) is 0 Å². The van der Waals surface area contributed by atoms with E-state index in [0.717, 1.165) is 31.4 Å². The number of benzene rings is 2. The fraction of sp³-hybridized carbons (Fsp3) is 0.333. The van der Waals surface area contributed by atoms with Gasteiger partial charge in [-0.25, -0.2) is 9.59 Å². The van der Waals surface area contributed by atoms with E-state index in [0.29, 0.717) is 5.56 Å². The lowest BCUT2D eigenvalue weighted by Crippen LogP contribution is -2.60. The first-order valence-corrected chi connectivity index (χ1v) is 11.5. The molecule has 0 aliphatic rings. The molecule has 210 valence electrons. The van der Waals surface area contributed by atoms with Crippen molar-refractivity contribution in [2.24, 2.45) is 16.0 Å². The highest BCUT2D eigenvalue weighted by molar-refractivity contribution is 5.91. The summed E-state index contributed by atoms with van der Waals surface area (Å²) >= 11 is 0. The number of nitrogens with two attached hydrogens (primary N) is 1. The van der Waals surface area contributed by atoms with Crippen LogP contribution >= 0.6 is 0 Å². The van der Waals surface area contributed by atoms with Crippen LogP contribution < -0.4 is 26.4 Å². The second-order valence-corrected chi connectivity index (χ2v) is 8.02. The summed E-state index contributed by atoms with van der Waals surface area (Å²) < 4.78 is 45.5. The third kappa shape index (κ3) is 10.7. The average Bonchev–Trinajstić information content (AvgIpc) is 2.88. The number of esters is 1. The van der Waals surface area contributed by atoms with Crippen molar-refractivity contribution < 1.29 is 37.0 Å². The molecule has 2 rings (SSSR count). The Morgan fingerprint density at radius 3 is 2.21 bits per heavy atom. The van der Waals surface area contributed by atoms with Gasteiger partial charge in [-0.05, 0) is 36.2 Å². The number of guanidine groups is 1. The molecular weight excluding hydrogens is 523 g/mol. The lowest BCUT2D eigenvalue weighted by Gasteiger charge is -2.28. The number of hydrogen-bond acceptors (Lipinski definition) is 7. The van der Waals surface area contributed by atoms with Gasteiger partial charge >= 0.3 is 18.4 Å². The van der Waals surface area contributed by atoms with E-state index in [9.17, 15) is 27.6 Å². The number of carbonyl (C=O) groups excluding carboxylic acids is 3. The molecule has 3 atom stereocenters. The van der Waals surface area contributed by atoms with Gasteiger partial charge < -0.3 is 31.2 Å². The zero-order valence-corrected chi connectivity index (χ0v) is 21.0. The van der Waals surface area contributed by atoms with Crippen LogP contribution in [0.4, 0.5) is 23.7 Å². The quantitative estimate of drug-likeness (QED) is 0.123. The number of amides is 3. The van der Waals surface area contributed by atoms with Gasteiger partial charge in [-0.1, -0.05) is 42.4 Å². The van der Waals surface area contributed by atoms with Crippen molar-refractivity contribution in [3.05, 3.63) is 60.2 Å². The van der Waals surface area contributed by atoms with Crippen molar-refractivity contribution in [2.75, 3.05) is 7.11 Å². The maximum atomic E-state index is 13.2. The Hall–Kier alpha value is -4.69. The second-order valence-electron chi connectivity index (χ2n) is 8.02. The Balaban J connectivity index is 2.20. The number of methoxy groups -OCH3 is 1. The van der Waals surface area contributed by atoms with Crippen LogP contribution in [0.3, 0.4) is 0 Å². The van der Waals surface area contributed by atoms with Gasteiger partial charge in [0, 0.05) is 6.42 Å². The largest absolute Gasteiger partial charge is 0.573 e. The van der Waals surface area contributed by atoms with Crippen LogP contribution in [0.5, 0.6) is 5.75 Å². The molecule has 0 spiro atoms. The first-order chi connectivity index (χ1) is 18.4. The van der Waals surface area contributed by atoms with Crippen molar-refractivity contribution in [1.29, 1.82) is 5.41 Å². The molecule has 0 saturated heterocycles. The minimum Gasteiger partial charge on any atom is -0.467 e. The number of halogens is 3.